The number of hydrogen-bond donors (Lipinski definition) is 0. The van der Waals surface area contributed by atoms with E-state index in [9.17, 15) is 22.8 Å². The lowest BCUT2D eigenvalue weighted by molar-refractivity contribution is -0.197. The topological polar surface area (TPSA) is 55.8 Å². The van der Waals surface area contributed by atoms with Gasteiger partial charge in [-0.15, -0.1) is 0 Å². The minimum absolute atomic E-state index is 0.124. The molecule has 5 nitrogen and oxygen atoms in total. The van der Waals surface area contributed by atoms with E-state index in [2.05, 4.69) is 0 Å². The molecule has 0 aromatic rings. The van der Waals surface area contributed by atoms with Crippen molar-refractivity contribution in [1.29, 1.82) is 0 Å². The third kappa shape index (κ3) is 4.02. The fraction of sp³-hybridized carbons (Fsp3) is 0.882. The first-order valence-electron chi connectivity index (χ1n) is 8.74. The minimum Gasteiger partial charge on any atom is -0.379 e. The molecule has 1 saturated heterocycles. The van der Waals surface area contributed by atoms with Crippen LogP contribution in [-0.2, 0) is 19.1 Å². The number of carbonyl (C=O) groups excluding carboxylic acids is 2. The van der Waals surface area contributed by atoms with Gasteiger partial charge in [-0.3, -0.25) is 9.59 Å². The maximum absolute atomic E-state index is 13.3. The lowest BCUT2D eigenvalue weighted by atomic mass is 9.76. The van der Waals surface area contributed by atoms with E-state index in [4.69, 9.17) is 21.1 Å². The van der Waals surface area contributed by atoms with Crippen molar-refractivity contribution in [3.05, 3.63) is 0 Å². The first-order valence-corrected chi connectivity index (χ1v) is 9.12. The van der Waals surface area contributed by atoms with Crippen molar-refractivity contribution in [1.82, 2.24) is 4.90 Å². The normalized spacial score (nSPS) is 32.7. The van der Waals surface area contributed by atoms with Crippen LogP contribution in [0, 0.1) is 11.3 Å². The Hall–Kier alpha value is -0.860. The smallest absolute Gasteiger partial charge is 0.379 e. The summed E-state index contributed by atoms with van der Waals surface area (Å²) in [6.07, 6.45) is -4.60. The Bertz CT molecular complexity index is 543. The minimum atomic E-state index is -5.00. The second-order valence-electron chi connectivity index (χ2n) is 7.40. The van der Waals surface area contributed by atoms with Gasteiger partial charge < -0.3 is 14.4 Å². The zero-order chi connectivity index (χ0) is 19.7. The fourth-order valence-electron chi connectivity index (χ4n) is 4.19. The molecule has 4 atom stereocenters. The van der Waals surface area contributed by atoms with Gasteiger partial charge in [-0.2, -0.15) is 13.2 Å². The zero-order valence-corrected chi connectivity index (χ0v) is 15.9. The van der Waals surface area contributed by atoms with Crippen molar-refractivity contribution >= 4 is 22.8 Å². The molecule has 0 bridgehead atoms. The number of halogens is 4. The van der Waals surface area contributed by atoms with Crippen molar-refractivity contribution in [3.63, 3.8) is 0 Å². The Kier molecular flexibility index (Phi) is 6.62. The molecular weight excluding hydrogens is 375 g/mol. The van der Waals surface area contributed by atoms with Crippen LogP contribution in [0.25, 0.3) is 0 Å². The summed E-state index contributed by atoms with van der Waals surface area (Å²) >= 11 is 5.81. The number of methoxy groups -OCH3 is 1. The number of hydrogen-bond acceptors (Lipinski definition) is 4. The van der Waals surface area contributed by atoms with Crippen LogP contribution < -0.4 is 0 Å². The summed E-state index contributed by atoms with van der Waals surface area (Å²) in [5, 5.41) is -0.551. The van der Waals surface area contributed by atoms with Crippen LogP contribution in [0.5, 0.6) is 0 Å². The summed E-state index contributed by atoms with van der Waals surface area (Å²) in [4.78, 5) is 25.2. The van der Waals surface area contributed by atoms with E-state index in [1.54, 1.807) is 0 Å². The molecule has 2 rings (SSSR count). The van der Waals surface area contributed by atoms with E-state index >= 15 is 0 Å². The van der Waals surface area contributed by atoms with Crippen molar-refractivity contribution in [2.45, 2.75) is 63.9 Å². The van der Waals surface area contributed by atoms with E-state index in [-0.39, 0.29) is 32.0 Å². The van der Waals surface area contributed by atoms with Gasteiger partial charge in [0.1, 0.15) is 6.10 Å². The molecule has 26 heavy (non-hydrogen) atoms. The van der Waals surface area contributed by atoms with Gasteiger partial charge in [0.15, 0.2) is 0 Å². The van der Waals surface area contributed by atoms with Crippen LogP contribution in [0.4, 0.5) is 13.2 Å². The van der Waals surface area contributed by atoms with Crippen molar-refractivity contribution < 1.29 is 32.2 Å². The molecule has 1 heterocycles. The molecule has 2 fully saturated rings. The number of amides is 1. The number of ether oxygens (including phenoxy) is 2. The van der Waals surface area contributed by atoms with Crippen LogP contribution in [0.15, 0.2) is 0 Å². The summed E-state index contributed by atoms with van der Waals surface area (Å²) in [5.41, 5.74) is -0.913. The average Bonchev–Trinajstić information content (AvgIpc) is 3.01. The molecule has 150 valence electrons. The van der Waals surface area contributed by atoms with Gasteiger partial charge in [0.25, 0.3) is 0 Å². The predicted octanol–water partition coefficient (Wildman–Crippen LogP) is 3.14. The number of nitrogens with zero attached hydrogens (tertiary/aromatic N) is 1. The van der Waals surface area contributed by atoms with E-state index in [1.807, 2.05) is 13.8 Å². The molecule has 0 unspecified atom stereocenters. The van der Waals surface area contributed by atoms with Gasteiger partial charge in [-0.1, -0.05) is 13.8 Å². The van der Waals surface area contributed by atoms with E-state index < -0.39 is 40.9 Å². The molecule has 2 aliphatic rings. The van der Waals surface area contributed by atoms with Gasteiger partial charge in [0.2, 0.25) is 5.24 Å². The highest BCUT2D eigenvalue weighted by Crippen LogP contribution is 2.48. The molecule has 0 aromatic heterocycles. The maximum atomic E-state index is 13.3. The summed E-state index contributed by atoms with van der Waals surface area (Å²) in [6.45, 7) is 4.03. The van der Waals surface area contributed by atoms with Crippen molar-refractivity contribution in [3.8, 4) is 0 Å². The Labute approximate surface area is 156 Å². The third-order valence-electron chi connectivity index (χ3n) is 5.82. The highest BCUT2D eigenvalue weighted by Gasteiger charge is 2.54. The second-order valence-corrected chi connectivity index (χ2v) is 7.74. The first-order chi connectivity index (χ1) is 12.0. The third-order valence-corrected chi connectivity index (χ3v) is 6.20. The predicted molar refractivity (Wildman–Crippen MR) is 88.7 cm³/mol. The molecule has 1 amide bonds. The maximum Gasteiger partial charge on any atom is 0.471 e. The first kappa shape index (κ1) is 21.4. The summed E-state index contributed by atoms with van der Waals surface area (Å²) < 4.78 is 50.4. The van der Waals surface area contributed by atoms with Gasteiger partial charge in [0, 0.05) is 25.2 Å². The van der Waals surface area contributed by atoms with Crippen LogP contribution in [-0.4, -0.2) is 60.7 Å². The standard InChI is InChI=1S/C17H25ClF3NO4/c1-10(2)16(14(18)23)6-4-11(8-16)22(15(24)17(19,20)21)12-5-7-26-9-13(12)25-3/h10-13H,4-9H2,1-3H3/t11-,12+,13-,16+/m1/s1. The molecular formula is C17H25ClF3NO4. The van der Waals surface area contributed by atoms with Crippen LogP contribution in [0.2, 0.25) is 0 Å². The van der Waals surface area contributed by atoms with Gasteiger partial charge >= 0.3 is 12.1 Å². The van der Waals surface area contributed by atoms with Gasteiger partial charge in [-0.05, 0) is 43.2 Å². The van der Waals surface area contributed by atoms with E-state index in [0.717, 1.165) is 4.90 Å². The Morgan fingerprint density at radius 2 is 1.96 bits per heavy atom. The molecule has 0 spiro atoms. The van der Waals surface area contributed by atoms with Gasteiger partial charge in [-0.25, -0.2) is 0 Å². The summed E-state index contributed by atoms with van der Waals surface area (Å²) in [7, 11) is 1.39. The molecule has 1 aliphatic carbocycles. The van der Waals surface area contributed by atoms with Crippen LogP contribution >= 0.6 is 11.6 Å². The molecule has 1 saturated carbocycles. The van der Waals surface area contributed by atoms with Crippen molar-refractivity contribution in [2.24, 2.45) is 11.3 Å². The highest BCUT2D eigenvalue weighted by atomic mass is 35.5. The van der Waals surface area contributed by atoms with Crippen LogP contribution in [0.3, 0.4) is 0 Å². The Balaban J connectivity index is 2.36. The molecule has 1 aliphatic heterocycles. The molecule has 0 N–H and O–H groups in total. The van der Waals surface area contributed by atoms with Gasteiger partial charge in [0.05, 0.1) is 12.6 Å². The largest absolute Gasteiger partial charge is 0.471 e. The molecule has 0 radical (unpaired) electrons. The zero-order valence-electron chi connectivity index (χ0n) is 15.1. The van der Waals surface area contributed by atoms with E-state index in [1.165, 1.54) is 7.11 Å². The Morgan fingerprint density at radius 1 is 1.31 bits per heavy atom. The average molecular weight is 400 g/mol. The Morgan fingerprint density at radius 3 is 2.42 bits per heavy atom. The quantitative estimate of drug-likeness (QED) is 0.666. The summed E-state index contributed by atoms with van der Waals surface area (Å²) in [6, 6.07) is -1.46. The van der Waals surface area contributed by atoms with Crippen LogP contribution in [0.1, 0.15) is 39.5 Å². The number of alkyl halides is 3. The van der Waals surface area contributed by atoms with E-state index in [0.29, 0.717) is 12.8 Å². The summed E-state index contributed by atoms with van der Waals surface area (Å²) in [5.74, 6) is -2.02. The van der Waals surface area contributed by atoms with Crippen molar-refractivity contribution in [2.75, 3.05) is 20.3 Å². The highest BCUT2D eigenvalue weighted by molar-refractivity contribution is 6.64. The number of carbonyl (C=O) groups is 2. The SMILES string of the molecule is CO[C@@H]1COCC[C@@H]1N(C(=O)C(F)(F)F)[C@@H]1CC[C@@](C(=O)Cl)(C(C)C)C1. The lowest BCUT2D eigenvalue weighted by Crippen LogP contribution is -2.58. The monoisotopic (exact) mass is 399 g/mol. The lowest BCUT2D eigenvalue weighted by Gasteiger charge is -2.43. The number of rotatable bonds is 5. The molecule has 9 heteroatoms. The fourth-order valence-corrected chi connectivity index (χ4v) is 4.58. The molecule has 0 aromatic carbocycles. The second kappa shape index (κ2) is 8.02.